The molecule has 0 aromatic heterocycles. The van der Waals surface area contributed by atoms with Crippen molar-refractivity contribution in [1.82, 2.24) is 0 Å². The minimum atomic E-state index is -2.72. The maximum absolute atomic E-state index is 12.5. The van der Waals surface area contributed by atoms with Crippen LogP contribution in [-0.2, 0) is 4.57 Å². The van der Waals surface area contributed by atoms with E-state index < -0.39 is 8.11 Å². The van der Waals surface area contributed by atoms with Gasteiger partial charge in [0.1, 0.15) is 0 Å². The van der Waals surface area contributed by atoms with Crippen molar-refractivity contribution in [2.75, 3.05) is 0 Å². The van der Waals surface area contributed by atoms with Gasteiger partial charge >= 0.3 is 8.11 Å². The lowest BCUT2D eigenvalue weighted by Gasteiger charge is -1.93. The van der Waals surface area contributed by atoms with Gasteiger partial charge in [0.05, 0.1) is 4.20 Å². The van der Waals surface area contributed by atoms with Gasteiger partial charge in [0.15, 0.2) is 0 Å². The second-order valence-corrected chi connectivity index (χ2v) is 3.78. The number of hydrogen-bond acceptors (Lipinski definition) is 1. The van der Waals surface area contributed by atoms with Gasteiger partial charge in [0.2, 0.25) is 5.30 Å². The number of fused-ring (bicyclic) bond motifs is 1. The normalized spacial score (nSPS) is 11.6. The third-order valence-electron chi connectivity index (χ3n) is 1.94. The van der Waals surface area contributed by atoms with E-state index in [9.17, 15) is 8.76 Å². The van der Waals surface area contributed by atoms with E-state index in [1.807, 2.05) is 24.3 Å². The summed E-state index contributed by atoms with van der Waals surface area (Å²) >= 11 is 0. The Labute approximate surface area is 76.1 Å². The summed E-state index contributed by atoms with van der Waals surface area (Å²) in [5, 5.41) is 2.21. The van der Waals surface area contributed by atoms with Crippen LogP contribution in [0.1, 0.15) is 0 Å². The van der Waals surface area contributed by atoms with E-state index in [1.54, 1.807) is 18.2 Å². The van der Waals surface area contributed by atoms with Crippen LogP contribution >= 0.6 is 8.11 Å². The molecular formula is C10H7FOP+. The maximum atomic E-state index is 12.5. The molecule has 0 bridgehead atoms. The summed E-state index contributed by atoms with van der Waals surface area (Å²) in [6.07, 6.45) is 0. The molecule has 1 atom stereocenters. The average molecular weight is 193 g/mol. The van der Waals surface area contributed by atoms with Gasteiger partial charge in [-0.25, -0.2) is 0 Å². The van der Waals surface area contributed by atoms with Crippen LogP contribution in [-0.4, -0.2) is 0 Å². The highest BCUT2D eigenvalue weighted by Crippen LogP contribution is 2.23. The van der Waals surface area contributed by atoms with Crippen molar-refractivity contribution in [1.29, 1.82) is 0 Å². The summed E-state index contributed by atoms with van der Waals surface area (Å²) in [7, 11) is -2.72. The zero-order valence-corrected chi connectivity index (χ0v) is 7.67. The Morgan fingerprint density at radius 1 is 1.00 bits per heavy atom. The van der Waals surface area contributed by atoms with E-state index >= 15 is 0 Å². The molecule has 2 rings (SSSR count). The molecule has 0 radical (unpaired) electrons. The third kappa shape index (κ3) is 1.58. The van der Waals surface area contributed by atoms with Crippen molar-refractivity contribution in [3.63, 3.8) is 0 Å². The minimum absolute atomic E-state index is 0.258. The number of hydrogen-bond donors (Lipinski definition) is 0. The molecule has 1 unspecified atom stereocenters. The first-order valence-corrected chi connectivity index (χ1v) is 5.04. The number of benzene rings is 2. The zero-order valence-electron chi connectivity index (χ0n) is 6.77. The summed E-state index contributed by atoms with van der Waals surface area (Å²) < 4.78 is 23.0. The van der Waals surface area contributed by atoms with Crippen molar-refractivity contribution >= 4 is 24.2 Å². The fourth-order valence-corrected chi connectivity index (χ4v) is 1.72. The lowest BCUT2D eigenvalue weighted by molar-refractivity contribution is 0.567. The van der Waals surface area contributed by atoms with Crippen molar-refractivity contribution in [3.05, 3.63) is 42.5 Å². The van der Waals surface area contributed by atoms with Gasteiger partial charge in [-0.2, -0.15) is 0 Å². The monoisotopic (exact) mass is 193 g/mol. The van der Waals surface area contributed by atoms with Crippen LogP contribution in [0.15, 0.2) is 42.5 Å². The third-order valence-corrected chi connectivity index (χ3v) is 2.62. The van der Waals surface area contributed by atoms with E-state index in [0.29, 0.717) is 0 Å². The molecule has 64 valence electrons. The molecular weight excluding hydrogens is 186 g/mol. The molecule has 0 saturated heterocycles. The molecule has 0 amide bonds. The van der Waals surface area contributed by atoms with Gasteiger partial charge in [-0.15, -0.1) is 0 Å². The predicted molar refractivity (Wildman–Crippen MR) is 52.3 cm³/mol. The fourth-order valence-electron chi connectivity index (χ4n) is 1.29. The first-order valence-electron chi connectivity index (χ1n) is 3.89. The van der Waals surface area contributed by atoms with Crippen LogP contribution in [0.4, 0.5) is 4.20 Å². The van der Waals surface area contributed by atoms with Gasteiger partial charge in [-0.05, 0) is 27.5 Å². The lowest BCUT2D eigenvalue weighted by atomic mass is 10.1. The molecule has 0 N–H and O–H groups in total. The topological polar surface area (TPSA) is 17.1 Å². The van der Waals surface area contributed by atoms with Crippen LogP contribution in [0.25, 0.3) is 10.8 Å². The Hall–Kier alpha value is -1.27. The Balaban J connectivity index is 2.69. The van der Waals surface area contributed by atoms with Gasteiger partial charge in [-0.1, -0.05) is 24.3 Å². The molecule has 0 aliphatic heterocycles. The Morgan fingerprint density at radius 2 is 1.69 bits per heavy atom. The molecule has 0 spiro atoms. The molecule has 0 aliphatic rings. The summed E-state index contributed by atoms with van der Waals surface area (Å²) in [6.45, 7) is 0. The summed E-state index contributed by atoms with van der Waals surface area (Å²) in [6, 6.07) is 12.5. The van der Waals surface area contributed by atoms with Gasteiger partial charge in [-0.3, -0.25) is 0 Å². The summed E-state index contributed by atoms with van der Waals surface area (Å²) in [5.74, 6) is 0. The first-order chi connectivity index (χ1) is 6.27. The number of halogens is 1. The summed E-state index contributed by atoms with van der Waals surface area (Å²) in [4.78, 5) is 0. The van der Waals surface area contributed by atoms with E-state index in [0.717, 1.165) is 10.8 Å². The zero-order chi connectivity index (χ0) is 9.26. The van der Waals surface area contributed by atoms with Crippen LogP contribution in [0, 0.1) is 0 Å². The van der Waals surface area contributed by atoms with Crippen LogP contribution in [0.3, 0.4) is 0 Å². The van der Waals surface area contributed by atoms with E-state index in [4.69, 9.17) is 0 Å². The van der Waals surface area contributed by atoms with Crippen molar-refractivity contribution < 1.29 is 8.76 Å². The molecule has 0 aliphatic carbocycles. The smallest absolute Gasteiger partial charge is 0.0616 e. The van der Waals surface area contributed by atoms with Crippen molar-refractivity contribution in [2.45, 2.75) is 0 Å². The Morgan fingerprint density at radius 3 is 2.38 bits per heavy atom. The molecule has 3 heteroatoms. The predicted octanol–water partition coefficient (Wildman–Crippen LogP) is 3.18. The van der Waals surface area contributed by atoms with Gasteiger partial charge < -0.3 is 0 Å². The van der Waals surface area contributed by atoms with E-state index in [2.05, 4.69) is 0 Å². The molecule has 0 saturated carbocycles. The SMILES string of the molecule is O=[P+](F)c1ccc2ccccc2c1. The van der Waals surface area contributed by atoms with Crippen LogP contribution in [0.2, 0.25) is 0 Å². The standard InChI is InChI=1S/C10H7FOP/c11-13(12)10-6-5-8-3-1-2-4-9(8)7-10/h1-7H/q+1. The molecule has 2 aromatic rings. The Kier molecular flexibility index (Phi) is 2.07. The van der Waals surface area contributed by atoms with Crippen molar-refractivity contribution in [2.24, 2.45) is 0 Å². The largest absolute Gasteiger partial charge is 0.597 e. The van der Waals surface area contributed by atoms with E-state index in [1.165, 1.54) is 0 Å². The molecule has 2 aromatic carbocycles. The molecule has 1 nitrogen and oxygen atoms in total. The first kappa shape index (κ1) is 8.33. The van der Waals surface area contributed by atoms with Crippen LogP contribution < -0.4 is 5.30 Å². The number of rotatable bonds is 1. The summed E-state index contributed by atoms with van der Waals surface area (Å²) in [5.41, 5.74) is 0. The molecule has 0 fully saturated rings. The second-order valence-electron chi connectivity index (χ2n) is 2.78. The molecule has 13 heavy (non-hydrogen) atoms. The highest BCUT2D eigenvalue weighted by molar-refractivity contribution is 7.47. The highest BCUT2D eigenvalue weighted by atomic mass is 31.1. The van der Waals surface area contributed by atoms with E-state index in [-0.39, 0.29) is 5.30 Å². The van der Waals surface area contributed by atoms with Gasteiger partial charge in [0, 0.05) is 6.07 Å². The van der Waals surface area contributed by atoms with Gasteiger partial charge in [0.25, 0.3) is 0 Å². The maximum Gasteiger partial charge on any atom is 0.597 e. The molecule has 0 heterocycles. The second kappa shape index (κ2) is 3.23. The lowest BCUT2D eigenvalue weighted by Crippen LogP contribution is -1.91. The Bertz CT molecular complexity index is 467. The fraction of sp³-hybridized carbons (Fsp3) is 0. The highest BCUT2D eigenvalue weighted by Gasteiger charge is 2.18. The quantitative estimate of drug-likeness (QED) is 0.635. The van der Waals surface area contributed by atoms with Crippen molar-refractivity contribution in [3.8, 4) is 0 Å². The van der Waals surface area contributed by atoms with Crippen LogP contribution in [0.5, 0.6) is 0 Å². The average Bonchev–Trinajstić information content (AvgIpc) is 2.17. The minimum Gasteiger partial charge on any atom is -0.0616 e.